The van der Waals surface area contributed by atoms with Gasteiger partial charge in [-0.05, 0) is 46.0 Å². The van der Waals surface area contributed by atoms with E-state index in [1.165, 1.54) is 5.69 Å². The number of anilines is 3. The lowest BCUT2D eigenvalue weighted by Crippen LogP contribution is -2.44. The first-order chi connectivity index (χ1) is 15.3. The van der Waals surface area contributed by atoms with Crippen molar-refractivity contribution in [2.75, 3.05) is 50.0 Å². The van der Waals surface area contributed by atoms with Gasteiger partial charge in [-0.3, -0.25) is 0 Å². The summed E-state index contributed by atoms with van der Waals surface area (Å²) in [6, 6.07) is 8.31. The molecule has 1 aliphatic rings. The highest BCUT2D eigenvalue weighted by Crippen LogP contribution is 2.22. The summed E-state index contributed by atoms with van der Waals surface area (Å²) in [4.78, 5) is 25.0. The number of nitrogens with one attached hydrogen (secondary N) is 2. The third-order valence-electron chi connectivity index (χ3n) is 4.77. The zero-order chi connectivity index (χ0) is 23.0. The number of alkyl carbamates (subject to hydrolysis) is 1. The third kappa shape index (κ3) is 7.75. The van der Waals surface area contributed by atoms with Crippen LogP contribution in [0.5, 0.6) is 0 Å². The van der Waals surface area contributed by atoms with Crippen LogP contribution in [-0.4, -0.2) is 66.3 Å². The van der Waals surface area contributed by atoms with Gasteiger partial charge >= 0.3 is 6.09 Å². The zero-order valence-corrected chi connectivity index (χ0v) is 19.3. The van der Waals surface area contributed by atoms with Crippen LogP contribution < -0.4 is 15.5 Å². The third-order valence-corrected chi connectivity index (χ3v) is 4.77. The van der Waals surface area contributed by atoms with Crippen LogP contribution in [0.1, 0.15) is 32.8 Å². The highest BCUT2D eigenvalue weighted by molar-refractivity contribution is 5.67. The molecule has 2 aromatic rings. The molecule has 1 aliphatic heterocycles. The van der Waals surface area contributed by atoms with Crippen LogP contribution in [-0.2, 0) is 4.74 Å². The van der Waals surface area contributed by atoms with E-state index in [4.69, 9.17) is 4.74 Å². The van der Waals surface area contributed by atoms with Crippen molar-refractivity contribution >= 4 is 23.4 Å². The Kier molecular flexibility index (Phi) is 7.90. The van der Waals surface area contributed by atoms with Crippen LogP contribution in [0.4, 0.5) is 22.1 Å². The molecule has 0 radical (unpaired) electrons. The van der Waals surface area contributed by atoms with E-state index in [1.807, 2.05) is 32.9 Å². The fourth-order valence-corrected chi connectivity index (χ4v) is 3.14. The molecule has 8 nitrogen and oxygen atoms in total. The Balaban J connectivity index is 1.48. The molecule has 8 heteroatoms. The summed E-state index contributed by atoms with van der Waals surface area (Å²) in [7, 11) is 2.15. The van der Waals surface area contributed by atoms with Gasteiger partial charge in [-0.1, -0.05) is 17.9 Å². The van der Waals surface area contributed by atoms with Crippen molar-refractivity contribution in [1.82, 2.24) is 20.2 Å². The highest BCUT2D eigenvalue weighted by atomic mass is 16.6. The Morgan fingerprint density at radius 3 is 2.56 bits per heavy atom. The van der Waals surface area contributed by atoms with Crippen molar-refractivity contribution in [3.63, 3.8) is 0 Å². The highest BCUT2D eigenvalue weighted by Gasteiger charge is 2.15. The largest absolute Gasteiger partial charge is 0.444 e. The average molecular weight is 437 g/mol. The summed E-state index contributed by atoms with van der Waals surface area (Å²) in [6.07, 6.45) is 3.45. The first kappa shape index (κ1) is 23.4. The zero-order valence-electron chi connectivity index (χ0n) is 19.3. The minimum Gasteiger partial charge on any atom is -0.444 e. The predicted octanol–water partition coefficient (Wildman–Crippen LogP) is 3.24. The average Bonchev–Trinajstić information content (AvgIpc) is 2.74. The summed E-state index contributed by atoms with van der Waals surface area (Å²) in [5.41, 5.74) is 2.37. The van der Waals surface area contributed by atoms with E-state index < -0.39 is 11.7 Å². The standard InChI is InChI=1S/C24H32N6O2/c1-24(2,3)32-23(31)25-11-6-5-8-19-17-26-22(27-18-19)28-20-9-7-10-21(16-20)30-14-12-29(4)13-15-30/h7,9-10,16-18H,6,11-15H2,1-4H3,(H,25,31)(H,26,27,28). The number of hydrogen-bond donors (Lipinski definition) is 2. The molecule has 1 saturated heterocycles. The minimum atomic E-state index is -0.505. The molecule has 2 N–H and O–H groups in total. The first-order valence-corrected chi connectivity index (χ1v) is 10.9. The molecule has 1 aromatic heterocycles. The normalized spacial score (nSPS) is 14.3. The lowest BCUT2D eigenvalue weighted by Gasteiger charge is -2.34. The van der Waals surface area contributed by atoms with Crippen LogP contribution in [0.3, 0.4) is 0 Å². The van der Waals surface area contributed by atoms with Crippen molar-refractivity contribution in [1.29, 1.82) is 0 Å². The number of carbonyl (C=O) groups excluding carboxylic acids is 1. The topological polar surface area (TPSA) is 82.6 Å². The van der Waals surface area contributed by atoms with Crippen LogP contribution >= 0.6 is 0 Å². The fourth-order valence-electron chi connectivity index (χ4n) is 3.14. The molecular formula is C24H32N6O2. The number of ether oxygens (including phenoxy) is 1. The quantitative estimate of drug-likeness (QED) is 0.550. The lowest BCUT2D eigenvalue weighted by molar-refractivity contribution is 0.0529. The van der Waals surface area contributed by atoms with E-state index in [-0.39, 0.29) is 0 Å². The van der Waals surface area contributed by atoms with Gasteiger partial charge in [0.25, 0.3) is 0 Å². The molecule has 0 atom stereocenters. The molecule has 3 rings (SSSR count). The van der Waals surface area contributed by atoms with Crippen molar-refractivity contribution in [3.8, 4) is 11.8 Å². The van der Waals surface area contributed by atoms with Crippen LogP contribution in [0.15, 0.2) is 36.7 Å². The summed E-state index contributed by atoms with van der Waals surface area (Å²) < 4.78 is 5.18. The monoisotopic (exact) mass is 436 g/mol. The van der Waals surface area contributed by atoms with E-state index in [9.17, 15) is 4.79 Å². The molecule has 32 heavy (non-hydrogen) atoms. The maximum Gasteiger partial charge on any atom is 0.407 e. The molecule has 0 saturated carbocycles. The number of rotatable bonds is 5. The van der Waals surface area contributed by atoms with Crippen molar-refractivity contribution in [3.05, 3.63) is 42.2 Å². The summed E-state index contributed by atoms with van der Waals surface area (Å²) >= 11 is 0. The van der Waals surface area contributed by atoms with Gasteiger partial charge in [0.05, 0.1) is 5.56 Å². The number of benzene rings is 1. The van der Waals surface area contributed by atoms with Crippen molar-refractivity contribution < 1.29 is 9.53 Å². The molecule has 170 valence electrons. The molecule has 1 fully saturated rings. The van der Waals surface area contributed by atoms with Crippen LogP contribution in [0.25, 0.3) is 0 Å². The molecule has 0 bridgehead atoms. The van der Waals surface area contributed by atoms with Gasteiger partial charge in [-0.25, -0.2) is 14.8 Å². The Hall–Kier alpha value is -3.31. The van der Waals surface area contributed by atoms with E-state index >= 15 is 0 Å². The number of hydrogen-bond acceptors (Lipinski definition) is 7. The van der Waals surface area contributed by atoms with E-state index in [2.05, 4.69) is 61.4 Å². The van der Waals surface area contributed by atoms with Crippen LogP contribution in [0.2, 0.25) is 0 Å². The summed E-state index contributed by atoms with van der Waals surface area (Å²) in [6.45, 7) is 10.1. The van der Waals surface area contributed by atoms with Gasteiger partial charge < -0.3 is 25.2 Å². The molecule has 0 aliphatic carbocycles. The molecular weight excluding hydrogens is 404 g/mol. The Labute approximate surface area is 190 Å². The van der Waals surface area contributed by atoms with E-state index in [1.54, 1.807) is 12.4 Å². The Morgan fingerprint density at radius 2 is 1.88 bits per heavy atom. The number of amides is 1. The van der Waals surface area contributed by atoms with Gasteiger partial charge in [0.1, 0.15) is 5.60 Å². The summed E-state index contributed by atoms with van der Waals surface area (Å²) in [5, 5.41) is 5.94. The fraction of sp³-hybridized carbons (Fsp3) is 0.458. The second-order valence-electron chi connectivity index (χ2n) is 8.74. The van der Waals surface area contributed by atoms with Gasteiger partial charge in [0.15, 0.2) is 0 Å². The number of likely N-dealkylation sites (N-methyl/N-ethyl adjacent to an activating group) is 1. The van der Waals surface area contributed by atoms with E-state index in [0.29, 0.717) is 18.9 Å². The SMILES string of the molecule is CN1CCN(c2cccc(Nc3ncc(C#CCCNC(=O)OC(C)(C)C)cn3)c2)CC1. The first-order valence-electron chi connectivity index (χ1n) is 10.9. The van der Waals surface area contributed by atoms with Gasteiger partial charge in [-0.2, -0.15) is 0 Å². The minimum absolute atomic E-state index is 0.423. The molecule has 0 unspecified atom stereocenters. The van der Waals surface area contributed by atoms with Gasteiger partial charge in [-0.15, -0.1) is 0 Å². The lowest BCUT2D eigenvalue weighted by atomic mass is 10.2. The smallest absolute Gasteiger partial charge is 0.407 e. The summed E-state index contributed by atoms with van der Waals surface area (Å²) in [5.74, 6) is 6.54. The maximum absolute atomic E-state index is 11.6. The second kappa shape index (κ2) is 10.8. The molecule has 1 aromatic carbocycles. The predicted molar refractivity (Wildman–Crippen MR) is 127 cm³/mol. The van der Waals surface area contributed by atoms with Gasteiger partial charge in [0, 0.05) is 62.9 Å². The van der Waals surface area contributed by atoms with Gasteiger partial charge in [0.2, 0.25) is 5.95 Å². The number of carbonyl (C=O) groups is 1. The molecule has 0 spiro atoms. The van der Waals surface area contributed by atoms with E-state index in [0.717, 1.165) is 37.4 Å². The molecule has 2 heterocycles. The number of aromatic nitrogens is 2. The van der Waals surface area contributed by atoms with Crippen LogP contribution in [0, 0.1) is 11.8 Å². The molecule has 1 amide bonds. The second-order valence-corrected chi connectivity index (χ2v) is 8.74. The Morgan fingerprint density at radius 1 is 1.16 bits per heavy atom. The Bertz CT molecular complexity index is 951. The number of nitrogens with zero attached hydrogens (tertiary/aromatic N) is 4. The van der Waals surface area contributed by atoms with Crippen molar-refractivity contribution in [2.45, 2.75) is 32.8 Å². The van der Waals surface area contributed by atoms with Crippen molar-refractivity contribution in [2.24, 2.45) is 0 Å². The maximum atomic E-state index is 11.6. The number of piperazine rings is 1.